The molecule has 1 atom stereocenters. The number of aromatic amines is 1. The van der Waals surface area contributed by atoms with Crippen LogP contribution in [0.2, 0.25) is 0 Å². The van der Waals surface area contributed by atoms with Crippen molar-refractivity contribution in [3.05, 3.63) is 41.1 Å². The summed E-state index contributed by atoms with van der Waals surface area (Å²) in [5, 5.41) is 15.4. The lowest BCUT2D eigenvalue weighted by molar-refractivity contribution is -0.129. The highest BCUT2D eigenvalue weighted by Gasteiger charge is 2.28. The van der Waals surface area contributed by atoms with Gasteiger partial charge < -0.3 is 25.5 Å². The minimum absolute atomic E-state index is 0.00845. The van der Waals surface area contributed by atoms with Gasteiger partial charge in [0.15, 0.2) is 0 Å². The van der Waals surface area contributed by atoms with Crippen LogP contribution in [0.15, 0.2) is 18.5 Å². The van der Waals surface area contributed by atoms with Gasteiger partial charge in [0.1, 0.15) is 35.2 Å². The SMILES string of the molecule is Cc1cc(-c2ncnc3c(C(=O)NC4CCC(NC(=O)[C@H](C)O)CC4)c(C)[nH]c23)c(OCC2CC2)cc1F. The van der Waals surface area contributed by atoms with Crippen molar-refractivity contribution in [3.63, 3.8) is 0 Å². The topological polar surface area (TPSA) is 129 Å². The maximum absolute atomic E-state index is 14.4. The number of carbonyl (C=O) groups excluding carboxylic acids is 2. The summed E-state index contributed by atoms with van der Waals surface area (Å²) in [6, 6.07) is 3.09. The smallest absolute Gasteiger partial charge is 0.255 e. The van der Waals surface area contributed by atoms with Gasteiger partial charge in [-0.3, -0.25) is 9.59 Å². The minimum Gasteiger partial charge on any atom is -0.492 e. The van der Waals surface area contributed by atoms with Crippen molar-refractivity contribution < 1.29 is 23.8 Å². The standard InChI is InChI=1S/C28H34FN5O4/c1-14-10-20(22(11-21(14)29)38-12-17-4-5-17)24-26-25(31-13-30-24)23(15(2)32-26)28(37)34-19-8-6-18(7-9-19)33-27(36)16(3)35/h10-11,13,16-19,32,35H,4-9,12H2,1-3H3,(H,33,36)(H,34,37)/t16-,18?,19?/m0/s1. The molecule has 0 saturated heterocycles. The molecule has 2 aliphatic rings. The highest BCUT2D eigenvalue weighted by molar-refractivity contribution is 6.09. The van der Waals surface area contributed by atoms with Crippen LogP contribution in [0.1, 0.15) is 67.1 Å². The van der Waals surface area contributed by atoms with Gasteiger partial charge >= 0.3 is 0 Å². The number of nitrogens with one attached hydrogen (secondary N) is 3. The fraction of sp³-hybridized carbons (Fsp3) is 0.500. The molecule has 0 spiro atoms. The number of hydrogen-bond acceptors (Lipinski definition) is 6. The second kappa shape index (κ2) is 10.7. The number of amides is 2. The maximum atomic E-state index is 14.4. The lowest BCUT2D eigenvalue weighted by Gasteiger charge is -2.30. The summed E-state index contributed by atoms with van der Waals surface area (Å²) in [4.78, 5) is 37.4. The van der Waals surface area contributed by atoms with Crippen molar-refractivity contribution in [3.8, 4) is 17.0 Å². The minimum atomic E-state index is -1.04. The molecule has 4 N–H and O–H groups in total. The van der Waals surface area contributed by atoms with Gasteiger partial charge in [-0.2, -0.15) is 0 Å². The van der Waals surface area contributed by atoms with E-state index in [9.17, 15) is 19.1 Å². The number of fused-ring (bicyclic) bond motifs is 1. The van der Waals surface area contributed by atoms with E-state index >= 15 is 0 Å². The summed E-state index contributed by atoms with van der Waals surface area (Å²) in [5.74, 6) is -0.00845. The molecule has 2 fully saturated rings. The number of aliphatic hydroxyl groups excluding tert-OH is 1. The number of aliphatic hydroxyl groups is 1. The molecule has 10 heteroatoms. The molecule has 9 nitrogen and oxygen atoms in total. The summed E-state index contributed by atoms with van der Waals surface area (Å²) in [6.07, 6.45) is 5.49. The zero-order valence-electron chi connectivity index (χ0n) is 21.9. The third kappa shape index (κ3) is 5.50. The van der Waals surface area contributed by atoms with Crippen LogP contribution >= 0.6 is 0 Å². The Kier molecular flexibility index (Phi) is 7.34. The Hall–Kier alpha value is -3.53. The largest absolute Gasteiger partial charge is 0.492 e. The molecule has 0 bridgehead atoms. The maximum Gasteiger partial charge on any atom is 0.255 e. The van der Waals surface area contributed by atoms with E-state index in [0.29, 0.717) is 70.2 Å². The Bertz CT molecular complexity index is 1360. The summed E-state index contributed by atoms with van der Waals surface area (Å²) in [6.45, 7) is 5.50. The van der Waals surface area contributed by atoms with E-state index in [-0.39, 0.29) is 29.7 Å². The third-order valence-electron chi connectivity index (χ3n) is 7.47. The second-order valence-corrected chi connectivity index (χ2v) is 10.6. The number of aryl methyl sites for hydroxylation is 2. The summed E-state index contributed by atoms with van der Waals surface area (Å²) < 4.78 is 20.4. The van der Waals surface area contributed by atoms with Crippen LogP contribution < -0.4 is 15.4 Å². The van der Waals surface area contributed by atoms with E-state index in [2.05, 4.69) is 25.6 Å². The number of benzene rings is 1. The Morgan fingerprint density at radius 1 is 1.11 bits per heavy atom. The first kappa shape index (κ1) is 26.1. The van der Waals surface area contributed by atoms with Crippen LogP contribution in [0.3, 0.4) is 0 Å². The first-order valence-electron chi connectivity index (χ1n) is 13.3. The second-order valence-electron chi connectivity index (χ2n) is 10.6. The van der Waals surface area contributed by atoms with Crippen molar-refractivity contribution in [2.45, 2.75) is 77.5 Å². The van der Waals surface area contributed by atoms with E-state index in [1.807, 2.05) is 6.92 Å². The molecule has 5 rings (SSSR count). The van der Waals surface area contributed by atoms with E-state index in [1.54, 1.807) is 13.0 Å². The quantitative estimate of drug-likeness (QED) is 0.356. The normalized spacial score (nSPS) is 20.2. The summed E-state index contributed by atoms with van der Waals surface area (Å²) in [5.41, 5.74) is 3.90. The van der Waals surface area contributed by atoms with Crippen LogP contribution in [0.5, 0.6) is 5.75 Å². The fourth-order valence-corrected chi connectivity index (χ4v) is 5.02. The van der Waals surface area contributed by atoms with Crippen LogP contribution in [0, 0.1) is 25.6 Å². The molecule has 3 aromatic rings. The number of H-pyrrole nitrogens is 1. The van der Waals surface area contributed by atoms with E-state index in [4.69, 9.17) is 4.74 Å². The number of carbonyl (C=O) groups is 2. The van der Waals surface area contributed by atoms with Gasteiger partial charge in [-0.15, -0.1) is 0 Å². The number of hydrogen-bond donors (Lipinski definition) is 4. The van der Waals surface area contributed by atoms with Crippen LogP contribution in [0.25, 0.3) is 22.3 Å². The van der Waals surface area contributed by atoms with Crippen LogP contribution in [-0.2, 0) is 4.79 Å². The van der Waals surface area contributed by atoms with E-state index in [1.165, 1.54) is 19.3 Å². The average Bonchev–Trinajstić information content (AvgIpc) is 3.65. The molecular formula is C28H34FN5O4. The number of rotatable bonds is 8. The average molecular weight is 524 g/mol. The lowest BCUT2D eigenvalue weighted by atomic mass is 9.90. The molecule has 0 unspecified atom stereocenters. The van der Waals surface area contributed by atoms with E-state index < -0.39 is 6.10 Å². The molecule has 2 saturated carbocycles. The van der Waals surface area contributed by atoms with Crippen molar-refractivity contribution in [2.75, 3.05) is 6.61 Å². The molecule has 1 aromatic carbocycles. The van der Waals surface area contributed by atoms with Crippen molar-refractivity contribution in [2.24, 2.45) is 5.92 Å². The van der Waals surface area contributed by atoms with Gasteiger partial charge in [0.25, 0.3) is 5.91 Å². The number of halogens is 1. The molecular weight excluding hydrogens is 489 g/mol. The van der Waals surface area contributed by atoms with Gasteiger partial charge in [-0.05, 0) is 76.8 Å². The number of nitrogens with zero attached hydrogens (tertiary/aromatic N) is 2. The molecule has 0 radical (unpaired) electrons. The van der Waals surface area contributed by atoms with Gasteiger partial charge in [0.05, 0.1) is 17.7 Å². The first-order chi connectivity index (χ1) is 18.2. The van der Waals surface area contributed by atoms with Crippen molar-refractivity contribution in [1.29, 1.82) is 0 Å². The molecule has 2 amide bonds. The Balaban J connectivity index is 1.37. The Labute approximate surface area is 220 Å². The summed E-state index contributed by atoms with van der Waals surface area (Å²) in [7, 11) is 0. The molecule has 2 heterocycles. The zero-order chi connectivity index (χ0) is 27.0. The van der Waals surface area contributed by atoms with Gasteiger partial charge in [0.2, 0.25) is 5.91 Å². The highest BCUT2D eigenvalue weighted by Crippen LogP contribution is 2.37. The first-order valence-corrected chi connectivity index (χ1v) is 13.3. The van der Waals surface area contributed by atoms with Crippen LogP contribution in [-0.4, -0.2) is 56.7 Å². The van der Waals surface area contributed by atoms with Crippen molar-refractivity contribution >= 4 is 22.8 Å². The monoisotopic (exact) mass is 523 g/mol. The highest BCUT2D eigenvalue weighted by atomic mass is 19.1. The predicted octanol–water partition coefficient (Wildman–Crippen LogP) is 3.71. The molecule has 38 heavy (non-hydrogen) atoms. The fourth-order valence-electron chi connectivity index (χ4n) is 5.02. The Morgan fingerprint density at radius 3 is 2.45 bits per heavy atom. The van der Waals surface area contributed by atoms with E-state index in [0.717, 1.165) is 25.7 Å². The molecule has 2 aliphatic carbocycles. The summed E-state index contributed by atoms with van der Waals surface area (Å²) >= 11 is 0. The van der Waals surface area contributed by atoms with Crippen LogP contribution in [0.4, 0.5) is 4.39 Å². The third-order valence-corrected chi connectivity index (χ3v) is 7.47. The van der Waals surface area contributed by atoms with Gasteiger partial charge in [0, 0.05) is 29.4 Å². The molecule has 0 aliphatic heterocycles. The van der Waals surface area contributed by atoms with Gasteiger partial charge in [-0.1, -0.05) is 0 Å². The van der Waals surface area contributed by atoms with Crippen molar-refractivity contribution in [1.82, 2.24) is 25.6 Å². The molecule has 202 valence electrons. The predicted molar refractivity (Wildman–Crippen MR) is 140 cm³/mol. The lowest BCUT2D eigenvalue weighted by Crippen LogP contribution is -2.46. The molecule has 2 aromatic heterocycles. The zero-order valence-corrected chi connectivity index (χ0v) is 21.9. The number of ether oxygens (including phenoxy) is 1. The van der Waals surface area contributed by atoms with Gasteiger partial charge in [-0.25, -0.2) is 14.4 Å². The number of aromatic nitrogens is 3. The Morgan fingerprint density at radius 2 is 1.79 bits per heavy atom.